The summed E-state index contributed by atoms with van der Waals surface area (Å²) in [5, 5.41) is 7.05. The molecule has 114 valence electrons. The van der Waals surface area contributed by atoms with Crippen LogP contribution in [0.3, 0.4) is 0 Å². The van der Waals surface area contributed by atoms with E-state index in [4.69, 9.17) is 16.1 Å². The molecule has 0 aliphatic heterocycles. The molecular formula is C17H12ClN3O2. The summed E-state index contributed by atoms with van der Waals surface area (Å²) >= 11 is 6.02. The first-order chi connectivity index (χ1) is 11.2. The first-order valence-corrected chi connectivity index (χ1v) is 7.22. The Morgan fingerprint density at radius 2 is 1.96 bits per heavy atom. The largest absolute Gasteiger partial charge is 0.338 e. The molecule has 0 aliphatic rings. The first kappa shape index (κ1) is 15.0. The van der Waals surface area contributed by atoms with Crippen molar-refractivity contribution < 1.29 is 9.32 Å². The fourth-order valence-corrected chi connectivity index (χ4v) is 2.11. The van der Waals surface area contributed by atoms with Gasteiger partial charge in [-0.1, -0.05) is 41.0 Å². The van der Waals surface area contributed by atoms with Gasteiger partial charge in [0.15, 0.2) is 0 Å². The Morgan fingerprint density at radius 1 is 1.13 bits per heavy atom. The minimum atomic E-state index is -0.339. The number of anilines is 1. The number of nitrogens with one attached hydrogen (secondary N) is 1. The number of carbonyl (C=O) groups is 1. The zero-order chi connectivity index (χ0) is 16.1. The molecule has 0 bridgehead atoms. The monoisotopic (exact) mass is 325 g/mol. The number of halogens is 1. The van der Waals surface area contributed by atoms with Crippen molar-refractivity contribution in [1.82, 2.24) is 10.1 Å². The van der Waals surface area contributed by atoms with Gasteiger partial charge in [0.05, 0.1) is 5.69 Å². The summed E-state index contributed by atoms with van der Waals surface area (Å²) in [7, 11) is 0. The number of amides is 1. The summed E-state index contributed by atoms with van der Waals surface area (Å²) < 4.78 is 5.08. The minimum Gasteiger partial charge on any atom is -0.338 e. The van der Waals surface area contributed by atoms with Gasteiger partial charge in [-0.05, 0) is 29.8 Å². The number of aromatic nitrogens is 2. The molecule has 0 saturated carbocycles. The maximum atomic E-state index is 11.9. The van der Waals surface area contributed by atoms with Gasteiger partial charge in [-0.2, -0.15) is 0 Å². The van der Waals surface area contributed by atoms with Crippen LogP contribution in [0.15, 0.2) is 65.3 Å². The molecule has 23 heavy (non-hydrogen) atoms. The van der Waals surface area contributed by atoms with Crippen molar-refractivity contribution in [3.63, 3.8) is 0 Å². The Morgan fingerprint density at radius 3 is 2.74 bits per heavy atom. The molecule has 0 fully saturated rings. The SMILES string of the molecule is O=C(C=Cc1ccccc1Cl)Nc1cc(-c2ccccn2)no1. The van der Waals surface area contributed by atoms with Crippen LogP contribution in [-0.4, -0.2) is 16.0 Å². The van der Waals surface area contributed by atoms with Gasteiger partial charge in [-0.15, -0.1) is 0 Å². The molecule has 1 amide bonds. The number of hydrogen-bond donors (Lipinski definition) is 1. The van der Waals surface area contributed by atoms with Crippen molar-refractivity contribution in [2.24, 2.45) is 0 Å². The number of pyridine rings is 1. The van der Waals surface area contributed by atoms with Gasteiger partial charge in [0, 0.05) is 23.4 Å². The molecule has 3 rings (SSSR count). The van der Waals surface area contributed by atoms with Crippen LogP contribution in [0.5, 0.6) is 0 Å². The molecule has 2 aromatic heterocycles. The molecule has 1 N–H and O–H groups in total. The van der Waals surface area contributed by atoms with Crippen LogP contribution in [-0.2, 0) is 4.79 Å². The Kier molecular flexibility index (Phi) is 4.49. The highest BCUT2D eigenvalue weighted by Gasteiger charge is 2.08. The fourth-order valence-electron chi connectivity index (χ4n) is 1.91. The fraction of sp³-hybridized carbons (Fsp3) is 0. The Balaban J connectivity index is 1.67. The highest BCUT2D eigenvalue weighted by molar-refractivity contribution is 6.32. The van der Waals surface area contributed by atoms with E-state index < -0.39 is 0 Å². The van der Waals surface area contributed by atoms with Gasteiger partial charge in [-0.25, -0.2) is 0 Å². The lowest BCUT2D eigenvalue weighted by Gasteiger charge is -1.97. The molecule has 0 aliphatic carbocycles. The smallest absolute Gasteiger partial charge is 0.250 e. The molecule has 0 atom stereocenters. The number of hydrogen-bond acceptors (Lipinski definition) is 4. The second kappa shape index (κ2) is 6.89. The van der Waals surface area contributed by atoms with E-state index in [0.717, 1.165) is 5.56 Å². The average molecular weight is 326 g/mol. The summed E-state index contributed by atoms with van der Waals surface area (Å²) in [5.41, 5.74) is 1.98. The Bertz CT molecular complexity index is 844. The molecular weight excluding hydrogens is 314 g/mol. The highest BCUT2D eigenvalue weighted by atomic mass is 35.5. The first-order valence-electron chi connectivity index (χ1n) is 6.84. The third kappa shape index (κ3) is 3.84. The second-order valence-electron chi connectivity index (χ2n) is 4.64. The van der Waals surface area contributed by atoms with Crippen molar-refractivity contribution in [1.29, 1.82) is 0 Å². The van der Waals surface area contributed by atoms with Crippen molar-refractivity contribution in [3.8, 4) is 11.4 Å². The predicted octanol–water partition coefficient (Wildman–Crippen LogP) is 4.04. The summed E-state index contributed by atoms with van der Waals surface area (Å²) in [6.45, 7) is 0. The summed E-state index contributed by atoms with van der Waals surface area (Å²) in [6.07, 6.45) is 4.67. The van der Waals surface area contributed by atoms with E-state index in [9.17, 15) is 4.79 Å². The summed E-state index contributed by atoms with van der Waals surface area (Å²) in [4.78, 5) is 16.1. The van der Waals surface area contributed by atoms with Crippen LogP contribution in [0.25, 0.3) is 17.5 Å². The standard InChI is InChI=1S/C17H12ClN3O2/c18-13-6-2-1-5-12(13)8-9-16(22)20-17-11-15(21-23-17)14-7-3-4-10-19-14/h1-11H,(H,20,22). The average Bonchev–Trinajstić information content (AvgIpc) is 3.03. The topological polar surface area (TPSA) is 68.0 Å². The van der Waals surface area contributed by atoms with Crippen LogP contribution in [0.1, 0.15) is 5.56 Å². The van der Waals surface area contributed by atoms with Gasteiger partial charge in [-0.3, -0.25) is 15.1 Å². The van der Waals surface area contributed by atoms with Gasteiger partial charge in [0.2, 0.25) is 5.88 Å². The van der Waals surface area contributed by atoms with Crippen molar-refractivity contribution >= 4 is 29.5 Å². The van der Waals surface area contributed by atoms with Crippen LogP contribution in [0.4, 0.5) is 5.88 Å². The molecule has 0 saturated heterocycles. The molecule has 3 aromatic rings. The molecule has 0 radical (unpaired) electrons. The summed E-state index contributed by atoms with van der Waals surface area (Å²) in [6, 6.07) is 14.3. The van der Waals surface area contributed by atoms with E-state index in [0.29, 0.717) is 16.4 Å². The van der Waals surface area contributed by atoms with Gasteiger partial charge in [0.1, 0.15) is 5.69 Å². The van der Waals surface area contributed by atoms with E-state index in [1.165, 1.54) is 6.08 Å². The molecule has 5 nitrogen and oxygen atoms in total. The maximum absolute atomic E-state index is 11.9. The minimum absolute atomic E-state index is 0.250. The van der Waals surface area contributed by atoms with Gasteiger partial charge < -0.3 is 4.52 Å². The molecule has 1 aromatic carbocycles. The van der Waals surface area contributed by atoms with Crippen molar-refractivity contribution in [2.45, 2.75) is 0 Å². The zero-order valence-electron chi connectivity index (χ0n) is 11.9. The van der Waals surface area contributed by atoms with Crippen LogP contribution < -0.4 is 5.32 Å². The third-order valence-electron chi connectivity index (χ3n) is 3.00. The van der Waals surface area contributed by atoms with Crippen LogP contribution in [0, 0.1) is 0 Å². The predicted molar refractivity (Wildman–Crippen MR) is 88.8 cm³/mol. The molecule has 0 unspecified atom stereocenters. The molecule has 2 heterocycles. The Labute approximate surface area is 137 Å². The van der Waals surface area contributed by atoms with Gasteiger partial charge in [0.25, 0.3) is 5.91 Å². The van der Waals surface area contributed by atoms with E-state index in [-0.39, 0.29) is 11.8 Å². The molecule has 6 heteroatoms. The van der Waals surface area contributed by atoms with Crippen molar-refractivity contribution in [2.75, 3.05) is 5.32 Å². The normalized spacial score (nSPS) is 10.8. The van der Waals surface area contributed by atoms with Crippen LogP contribution in [0.2, 0.25) is 5.02 Å². The zero-order valence-corrected chi connectivity index (χ0v) is 12.7. The van der Waals surface area contributed by atoms with Gasteiger partial charge >= 0.3 is 0 Å². The number of nitrogens with zero attached hydrogens (tertiary/aromatic N) is 2. The quantitative estimate of drug-likeness (QED) is 0.735. The van der Waals surface area contributed by atoms with E-state index in [1.807, 2.05) is 30.3 Å². The van der Waals surface area contributed by atoms with E-state index in [1.54, 1.807) is 30.5 Å². The Hall–Kier alpha value is -2.92. The number of carbonyl (C=O) groups excluding carboxylic acids is 1. The molecule has 0 spiro atoms. The summed E-state index contributed by atoms with van der Waals surface area (Å²) in [5.74, 6) is -0.0897. The highest BCUT2D eigenvalue weighted by Crippen LogP contribution is 2.20. The number of rotatable bonds is 4. The maximum Gasteiger partial charge on any atom is 0.250 e. The number of benzene rings is 1. The van der Waals surface area contributed by atoms with E-state index >= 15 is 0 Å². The van der Waals surface area contributed by atoms with Crippen molar-refractivity contribution in [3.05, 3.63) is 71.4 Å². The van der Waals surface area contributed by atoms with Crippen LogP contribution >= 0.6 is 11.6 Å². The lowest BCUT2D eigenvalue weighted by atomic mass is 10.2. The van der Waals surface area contributed by atoms with E-state index in [2.05, 4.69) is 15.5 Å². The second-order valence-corrected chi connectivity index (χ2v) is 5.04. The third-order valence-corrected chi connectivity index (χ3v) is 3.35. The lowest BCUT2D eigenvalue weighted by Crippen LogP contribution is -2.06. The lowest BCUT2D eigenvalue weighted by molar-refractivity contribution is -0.112.